The van der Waals surface area contributed by atoms with Gasteiger partial charge in [-0.05, 0) is 55.2 Å². The van der Waals surface area contributed by atoms with Crippen LogP contribution in [-0.2, 0) is 16.8 Å². The molecule has 0 unspecified atom stereocenters. The largest absolute Gasteiger partial charge is 0.494 e. The molecule has 1 N–H and O–H groups in total. The van der Waals surface area contributed by atoms with E-state index in [1.165, 1.54) is 42.5 Å². The fraction of sp³-hybridized carbons (Fsp3) is 0.435. The second kappa shape index (κ2) is 9.40. The molecule has 1 aromatic carbocycles. The van der Waals surface area contributed by atoms with Gasteiger partial charge in [0, 0.05) is 28.2 Å². The van der Waals surface area contributed by atoms with Crippen molar-refractivity contribution < 1.29 is 35.9 Å². The zero-order chi connectivity index (χ0) is 24.4. The Morgan fingerprint density at radius 3 is 2.27 bits per heavy atom. The summed E-state index contributed by atoms with van der Waals surface area (Å²) in [6.07, 6.45) is -10.1. The first-order chi connectivity index (χ1) is 15.4. The number of rotatable bonds is 7. The molecule has 0 spiro atoms. The second-order valence-corrected chi connectivity index (χ2v) is 9.02. The lowest BCUT2D eigenvalue weighted by Crippen LogP contribution is -2.58. The number of alkyl halides is 6. The third-order valence-electron chi connectivity index (χ3n) is 5.57. The zero-order valence-electron chi connectivity index (χ0n) is 18.0. The first-order valence-corrected chi connectivity index (χ1v) is 11.2. The van der Waals surface area contributed by atoms with Gasteiger partial charge in [0.15, 0.2) is 5.54 Å². The minimum Gasteiger partial charge on any atom is -0.494 e. The van der Waals surface area contributed by atoms with E-state index in [0.29, 0.717) is 10.5 Å². The highest BCUT2D eigenvalue weighted by atomic mass is 32.1. The number of thiophene rings is 1. The van der Waals surface area contributed by atoms with Gasteiger partial charge < -0.3 is 10.1 Å². The van der Waals surface area contributed by atoms with Gasteiger partial charge in [-0.15, -0.1) is 11.3 Å². The fourth-order valence-corrected chi connectivity index (χ4v) is 4.72. The molecule has 10 heteroatoms. The van der Waals surface area contributed by atoms with Crippen molar-refractivity contribution >= 4 is 22.8 Å². The zero-order valence-corrected chi connectivity index (χ0v) is 18.8. The Morgan fingerprint density at radius 2 is 1.73 bits per heavy atom. The summed E-state index contributed by atoms with van der Waals surface area (Å²) in [5.74, 6) is -0.648. The molecule has 0 bridgehead atoms. The maximum Gasteiger partial charge on any atom is 0.416 e. The second-order valence-electron chi connectivity index (χ2n) is 7.85. The monoisotopic (exact) mass is 491 g/mol. The number of halogens is 6. The van der Waals surface area contributed by atoms with Gasteiger partial charge in [-0.1, -0.05) is 19.1 Å². The molecule has 0 saturated carbocycles. The van der Waals surface area contributed by atoms with Crippen LogP contribution in [0.2, 0.25) is 0 Å². The third kappa shape index (κ3) is 5.54. The van der Waals surface area contributed by atoms with Gasteiger partial charge >= 0.3 is 12.4 Å². The molecule has 1 aliphatic rings. The molecule has 1 aliphatic heterocycles. The van der Waals surface area contributed by atoms with E-state index in [1.807, 2.05) is 13.0 Å². The number of carbonyl (C=O) groups excluding carboxylic acids is 1. The minimum atomic E-state index is -4.80. The smallest absolute Gasteiger partial charge is 0.416 e. The summed E-state index contributed by atoms with van der Waals surface area (Å²) in [6.45, 7) is 3.23. The molecule has 2 aromatic rings. The first kappa shape index (κ1) is 25.1. The van der Waals surface area contributed by atoms with E-state index in [2.05, 4.69) is 5.32 Å². The van der Waals surface area contributed by atoms with Crippen molar-refractivity contribution in [2.24, 2.45) is 0 Å². The number of ether oxygens (including phenoxy) is 1. The lowest BCUT2D eigenvalue weighted by Gasteiger charge is -2.41. The predicted molar refractivity (Wildman–Crippen MR) is 114 cm³/mol. The molecule has 33 heavy (non-hydrogen) atoms. The van der Waals surface area contributed by atoms with Crippen molar-refractivity contribution in [1.29, 1.82) is 0 Å². The molecule has 3 rings (SSSR count). The number of nitrogens with one attached hydrogen (secondary N) is 1. The molecule has 0 aliphatic carbocycles. The quantitative estimate of drug-likeness (QED) is 0.342. The number of aryl methyl sites for hydroxylation is 1. The highest BCUT2D eigenvalue weighted by Crippen LogP contribution is 2.49. The number of carbonyl (C=O) groups is 1. The van der Waals surface area contributed by atoms with E-state index < -0.39 is 36.6 Å². The molecule has 0 radical (unpaired) electrons. The third-order valence-corrected chi connectivity index (χ3v) is 6.86. The maximum absolute atomic E-state index is 14.4. The molecule has 180 valence electrons. The fourth-order valence-electron chi connectivity index (χ4n) is 3.68. The molecule has 1 aromatic heterocycles. The summed E-state index contributed by atoms with van der Waals surface area (Å²) < 4.78 is 85.2. The van der Waals surface area contributed by atoms with Gasteiger partial charge in [0.1, 0.15) is 5.75 Å². The van der Waals surface area contributed by atoms with Gasteiger partial charge in [-0.3, -0.25) is 4.79 Å². The van der Waals surface area contributed by atoms with Crippen LogP contribution in [0.25, 0.3) is 5.57 Å². The van der Waals surface area contributed by atoms with Crippen LogP contribution in [0.1, 0.15) is 48.4 Å². The summed E-state index contributed by atoms with van der Waals surface area (Å²) in [7, 11) is 0. The Kier molecular flexibility index (Phi) is 7.16. The molecule has 3 nitrogen and oxygen atoms in total. The van der Waals surface area contributed by atoms with Gasteiger partial charge in [-0.25, -0.2) is 0 Å². The van der Waals surface area contributed by atoms with Crippen LogP contribution in [0.5, 0.6) is 5.75 Å². The summed E-state index contributed by atoms with van der Waals surface area (Å²) in [5, 5.41) is 2.16. The number of hydrogen-bond donors (Lipinski definition) is 1. The van der Waals surface area contributed by atoms with Crippen molar-refractivity contribution in [2.45, 2.75) is 57.4 Å². The van der Waals surface area contributed by atoms with Crippen LogP contribution in [0.4, 0.5) is 26.3 Å². The molecular formula is C23H23F6NO2S. The molecular weight excluding hydrogens is 468 g/mol. The molecule has 0 saturated heterocycles. The van der Waals surface area contributed by atoms with E-state index in [-0.39, 0.29) is 29.9 Å². The Morgan fingerprint density at radius 1 is 1.06 bits per heavy atom. The van der Waals surface area contributed by atoms with Crippen molar-refractivity contribution in [3.8, 4) is 5.75 Å². The van der Waals surface area contributed by atoms with Crippen molar-refractivity contribution in [2.75, 3.05) is 6.61 Å². The summed E-state index contributed by atoms with van der Waals surface area (Å²) in [4.78, 5) is 14.3. The van der Waals surface area contributed by atoms with Crippen LogP contribution in [0.3, 0.4) is 0 Å². The van der Waals surface area contributed by atoms with Crippen LogP contribution in [0, 0.1) is 0 Å². The van der Waals surface area contributed by atoms with E-state index in [4.69, 9.17) is 4.74 Å². The summed E-state index contributed by atoms with van der Waals surface area (Å²) >= 11 is 1.36. The van der Waals surface area contributed by atoms with E-state index >= 15 is 0 Å². The highest BCUT2D eigenvalue weighted by Gasteiger charge is 2.59. The van der Waals surface area contributed by atoms with Gasteiger partial charge in [-0.2, -0.15) is 26.3 Å². The Labute approximate surface area is 191 Å². The van der Waals surface area contributed by atoms with Crippen LogP contribution in [-0.4, -0.2) is 24.9 Å². The Hall–Kier alpha value is -2.49. The molecule has 2 heterocycles. The lowest BCUT2D eigenvalue weighted by molar-refractivity contribution is -0.201. The van der Waals surface area contributed by atoms with E-state index in [9.17, 15) is 31.1 Å². The normalized spacial score (nSPS) is 19.6. The number of amides is 1. The van der Waals surface area contributed by atoms with Crippen LogP contribution < -0.4 is 10.1 Å². The number of benzene rings is 1. The average molecular weight is 491 g/mol. The molecule has 1 amide bonds. The first-order valence-electron chi connectivity index (χ1n) is 10.3. The van der Waals surface area contributed by atoms with Crippen molar-refractivity contribution in [3.63, 3.8) is 0 Å². The Balaban J connectivity index is 1.88. The van der Waals surface area contributed by atoms with Gasteiger partial charge in [0.05, 0.1) is 6.61 Å². The highest BCUT2D eigenvalue weighted by molar-refractivity contribution is 7.13. The lowest BCUT2D eigenvalue weighted by atomic mass is 9.78. The van der Waals surface area contributed by atoms with Gasteiger partial charge in [0.25, 0.3) is 0 Å². The number of hydrogen-bond acceptors (Lipinski definition) is 3. The Bertz CT molecular complexity index is 1020. The summed E-state index contributed by atoms with van der Waals surface area (Å²) in [5.41, 5.74) is -2.23. The SMILES string of the molecule is CCc1ccc(C2=C(C)C(=O)N[C@@](c3ccc(OCCCC(F)(F)F)cc3)(C(F)(F)F)C2)s1. The van der Waals surface area contributed by atoms with Crippen LogP contribution in [0.15, 0.2) is 42.0 Å². The predicted octanol–water partition coefficient (Wildman–Crippen LogP) is 6.78. The van der Waals surface area contributed by atoms with Crippen LogP contribution >= 0.6 is 11.3 Å². The van der Waals surface area contributed by atoms with Crippen molar-refractivity contribution in [3.05, 3.63) is 57.3 Å². The minimum absolute atomic E-state index is 0.151. The molecule has 0 fully saturated rings. The summed E-state index contributed by atoms with van der Waals surface area (Å²) in [6, 6.07) is 8.50. The topological polar surface area (TPSA) is 38.3 Å². The van der Waals surface area contributed by atoms with Crippen molar-refractivity contribution in [1.82, 2.24) is 5.32 Å². The average Bonchev–Trinajstić information content (AvgIpc) is 3.21. The molecule has 1 atom stereocenters. The van der Waals surface area contributed by atoms with E-state index in [0.717, 1.165) is 11.3 Å². The standard InChI is InChI=1S/C23H23F6NO2S/c1-3-17-9-10-19(33-17)18-13-21(23(27,28)29,30-20(31)14(18)2)15-5-7-16(8-6-15)32-12-4-11-22(24,25)26/h5-10H,3-4,11-13H2,1-2H3,(H,30,31)/t21-/m0/s1. The maximum atomic E-state index is 14.4. The van der Waals surface area contributed by atoms with Gasteiger partial charge in [0.2, 0.25) is 5.91 Å². The van der Waals surface area contributed by atoms with E-state index in [1.54, 1.807) is 6.07 Å².